The first-order chi connectivity index (χ1) is 4.77. The molecule has 3 heteroatoms. The lowest BCUT2D eigenvalue weighted by atomic mass is 10.2. The highest BCUT2D eigenvalue weighted by Gasteiger charge is 1.98. The summed E-state index contributed by atoms with van der Waals surface area (Å²) in [5.74, 6) is 0.689. The van der Waals surface area contributed by atoms with E-state index in [2.05, 4.69) is 12.6 Å². The number of thiol groups is 1. The predicted molar refractivity (Wildman–Crippen MR) is 42.8 cm³/mol. The SMILES string of the molecule is FC(F)CCCC=CCS. The summed E-state index contributed by atoms with van der Waals surface area (Å²) in [4.78, 5) is 0. The second-order valence-electron chi connectivity index (χ2n) is 1.98. The lowest BCUT2D eigenvalue weighted by molar-refractivity contribution is 0.135. The summed E-state index contributed by atoms with van der Waals surface area (Å²) < 4.78 is 23.0. The largest absolute Gasteiger partial charge is 0.238 e. The van der Waals surface area contributed by atoms with Gasteiger partial charge < -0.3 is 0 Å². The molecule has 0 atom stereocenters. The van der Waals surface area contributed by atoms with Crippen LogP contribution in [0.25, 0.3) is 0 Å². The molecule has 0 nitrogen and oxygen atoms in total. The van der Waals surface area contributed by atoms with E-state index >= 15 is 0 Å². The van der Waals surface area contributed by atoms with Crippen LogP contribution in [0.3, 0.4) is 0 Å². The van der Waals surface area contributed by atoms with Crippen molar-refractivity contribution in [3.63, 3.8) is 0 Å². The molecule has 0 saturated heterocycles. The van der Waals surface area contributed by atoms with Crippen LogP contribution in [0.1, 0.15) is 19.3 Å². The maximum atomic E-state index is 11.5. The Balaban J connectivity index is 2.97. The van der Waals surface area contributed by atoms with E-state index in [1.54, 1.807) is 0 Å². The van der Waals surface area contributed by atoms with E-state index in [1.807, 2.05) is 12.2 Å². The van der Waals surface area contributed by atoms with Crippen molar-refractivity contribution in [2.75, 3.05) is 5.75 Å². The van der Waals surface area contributed by atoms with Crippen molar-refractivity contribution in [2.45, 2.75) is 25.7 Å². The van der Waals surface area contributed by atoms with Gasteiger partial charge in [0.25, 0.3) is 0 Å². The van der Waals surface area contributed by atoms with Gasteiger partial charge in [-0.1, -0.05) is 12.2 Å². The smallest absolute Gasteiger partial charge is 0.211 e. The number of unbranched alkanes of at least 4 members (excludes halogenated alkanes) is 1. The number of hydrogen-bond donors (Lipinski definition) is 1. The number of halogens is 2. The molecule has 0 amide bonds. The van der Waals surface area contributed by atoms with Crippen molar-refractivity contribution >= 4 is 12.6 Å². The Morgan fingerprint density at radius 3 is 2.50 bits per heavy atom. The summed E-state index contributed by atoms with van der Waals surface area (Å²) in [6, 6.07) is 0. The van der Waals surface area contributed by atoms with Crippen LogP contribution in [-0.2, 0) is 0 Å². The van der Waals surface area contributed by atoms with Crippen molar-refractivity contribution in [1.82, 2.24) is 0 Å². The molecule has 60 valence electrons. The van der Waals surface area contributed by atoms with Crippen LogP contribution in [0.2, 0.25) is 0 Å². The van der Waals surface area contributed by atoms with Crippen molar-refractivity contribution < 1.29 is 8.78 Å². The molecule has 0 N–H and O–H groups in total. The number of hydrogen-bond acceptors (Lipinski definition) is 1. The molecule has 10 heavy (non-hydrogen) atoms. The highest BCUT2D eigenvalue weighted by molar-refractivity contribution is 7.80. The fourth-order valence-electron chi connectivity index (χ4n) is 0.582. The second-order valence-corrected chi connectivity index (χ2v) is 2.34. The van der Waals surface area contributed by atoms with Crippen molar-refractivity contribution in [1.29, 1.82) is 0 Å². The molecule has 0 radical (unpaired) electrons. The van der Waals surface area contributed by atoms with Crippen LogP contribution in [0.15, 0.2) is 12.2 Å². The van der Waals surface area contributed by atoms with E-state index in [4.69, 9.17) is 0 Å². The van der Waals surface area contributed by atoms with E-state index < -0.39 is 6.43 Å². The highest BCUT2D eigenvalue weighted by Crippen LogP contribution is 2.05. The topological polar surface area (TPSA) is 0 Å². The van der Waals surface area contributed by atoms with Gasteiger partial charge in [-0.3, -0.25) is 0 Å². The molecule has 0 aliphatic carbocycles. The molecule has 0 rings (SSSR count). The molecule has 0 aromatic rings. The lowest BCUT2D eigenvalue weighted by Crippen LogP contribution is -1.87. The number of alkyl halides is 2. The van der Waals surface area contributed by atoms with E-state index in [-0.39, 0.29) is 6.42 Å². The van der Waals surface area contributed by atoms with Gasteiger partial charge in [0.15, 0.2) is 0 Å². The zero-order valence-corrected chi connectivity index (χ0v) is 6.66. The summed E-state index contributed by atoms with van der Waals surface area (Å²) in [6.07, 6.45) is 2.93. The van der Waals surface area contributed by atoms with Crippen LogP contribution < -0.4 is 0 Å². The number of rotatable bonds is 5. The Hall–Kier alpha value is -0.0500. The molecule has 0 saturated carbocycles. The molecular weight excluding hydrogens is 154 g/mol. The quantitative estimate of drug-likeness (QED) is 0.362. The summed E-state index contributed by atoms with van der Waals surface area (Å²) in [7, 11) is 0. The molecule has 0 aliphatic rings. The van der Waals surface area contributed by atoms with E-state index in [1.165, 1.54) is 0 Å². The summed E-state index contributed by atoms with van der Waals surface area (Å²) in [5, 5.41) is 0. The molecule has 0 spiro atoms. The summed E-state index contributed by atoms with van der Waals surface area (Å²) >= 11 is 3.93. The third-order valence-corrected chi connectivity index (χ3v) is 1.28. The first kappa shape index (κ1) is 9.95. The van der Waals surface area contributed by atoms with Crippen LogP contribution in [-0.4, -0.2) is 12.2 Å². The van der Waals surface area contributed by atoms with Crippen LogP contribution >= 0.6 is 12.6 Å². The van der Waals surface area contributed by atoms with E-state index in [0.29, 0.717) is 12.2 Å². The van der Waals surface area contributed by atoms with Crippen molar-refractivity contribution in [3.05, 3.63) is 12.2 Å². The third-order valence-electron chi connectivity index (χ3n) is 1.07. The van der Waals surface area contributed by atoms with Gasteiger partial charge in [-0.05, 0) is 12.8 Å². The molecular formula is C7H12F2S. The minimum absolute atomic E-state index is 0.0108. The van der Waals surface area contributed by atoms with Gasteiger partial charge in [0.2, 0.25) is 6.43 Å². The predicted octanol–water partition coefficient (Wildman–Crippen LogP) is 2.91. The molecule has 0 aliphatic heterocycles. The maximum Gasteiger partial charge on any atom is 0.238 e. The molecule has 0 heterocycles. The zero-order chi connectivity index (χ0) is 7.82. The molecule has 0 aromatic carbocycles. The Morgan fingerprint density at radius 2 is 2.00 bits per heavy atom. The molecule has 0 aromatic heterocycles. The Kier molecular flexibility index (Phi) is 7.03. The molecule has 0 bridgehead atoms. The fraction of sp³-hybridized carbons (Fsp3) is 0.714. The van der Waals surface area contributed by atoms with E-state index in [0.717, 1.165) is 6.42 Å². The Bertz CT molecular complexity index is 91.6. The minimum Gasteiger partial charge on any atom is -0.211 e. The van der Waals surface area contributed by atoms with Gasteiger partial charge in [-0.2, -0.15) is 12.6 Å². The average Bonchev–Trinajstić information content (AvgIpc) is 1.87. The standard InChI is InChI=1S/C7H12F2S/c8-7(9)5-3-1-2-4-6-10/h2,4,7,10H,1,3,5-6H2. The van der Waals surface area contributed by atoms with Gasteiger partial charge in [0.1, 0.15) is 0 Å². The third kappa shape index (κ3) is 7.95. The van der Waals surface area contributed by atoms with Crippen LogP contribution in [0.5, 0.6) is 0 Å². The van der Waals surface area contributed by atoms with Gasteiger partial charge in [-0.15, -0.1) is 0 Å². The maximum absolute atomic E-state index is 11.5. The van der Waals surface area contributed by atoms with Crippen molar-refractivity contribution in [2.24, 2.45) is 0 Å². The first-order valence-electron chi connectivity index (χ1n) is 3.31. The van der Waals surface area contributed by atoms with Gasteiger partial charge in [-0.25, -0.2) is 8.78 Å². The van der Waals surface area contributed by atoms with Crippen molar-refractivity contribution in [3.8, 4) is 0 Å². The lowest BCUT2D eigenvalue weighted by Gasteiger charge is -1.93. The zero-order valence-electron chi connectivity index (χ0n) is 5.76. The monoisotopic (exact) mass is 166 g/mol. The van der Waals surface area contributed by atoms with Gasteiger partial charge in [0.05, 0.1) is 0 Å². The average molecular weight is 166 g/mol. The Labute approximate surface area is 65.7 Å². The fourth-order valence-corrected chi connectivity index (χ4v) is 0.731. The van der Waals surface area contributed by atoms with Crippen LogP contribution in [0, 0.1) is 0 Å². The van der Waals surface area contributed by atoms with Crippen LogP contribution in [0.4, 0.5) is 8.78 Å². The van der Waals surface area contributed by atoms with Gasteiger partial charge in [0, 0.05) is 12.2 Å². The van der Waals surface area contributed by atoms with Gasteiger partial charge >= 0.3 is 0 Å². The van der Waals surface area contributed by atoms with E-state index in [9.17, 15) is 8.78 Å². The second kappa shape index (κ2) is 7.06. The number of allylic oxidation sites excluding steroid dienone is 1. The normalized spacial score (nSPS) is 11.6. The Morgan fingerprint density at radius 1 is 1.30 bits per heavy atom. The minimum atomic E-state index is -2.15. The summed E-state index contributed by atoms with van der Waals surface area (Å²) in [5.41, 5.74) is 0. The molecule has 0 fully saturated rings. The first-order valence-corrected chi connectivity index (χ1v) is 3.94. The molecule has 0 unspecified atom stereocenters. The highest BCUT2D eigenvalue weighted by atomic mass is 32.1. The summed E-state index contributed by atoms with van der Waals surface area (Å²) in [6.45, 7) is 0.